The lowest BCUT2D eigenvalue weighted by atomic mass is 10.3. The third-order valence-corrected chi connectivity index (χ3v) is 2.33. The average molecular weight is 239 g/mol. The quantitative estimate of drug-likeness (QED) is 0.333. The van der Waals surface area contributed by atoms with Crippen LogP contribution in [0.5, 0.6) is 0 Å². The molecule has 0 aromatic carbocycles. The smallest absolute Gasteiger partial charge is 0.353 e. The number of ether oxygens (including phenoxy) is 2. The van der Waals surface area contributed by atoms with Gasteiger partial charge in [-0.15, -0.1) is 9.05 Å². The van der Waals surface area contributed by atoms with Crippen molar-refractivity contribution < 1.29 is 23.1 Å². The van der Waals surface area contributed by atoms with Crippen molar-refractivity contribution in [3.05, 3.63) is 0 Å². The summed E-state index contributed by atoms with van der Waals surface area (Å²) in [5.41, 5.74) is 0. The van der Waals surface area contributed by atoms with Crippen molar-refractivity contribution in [1.82, 2.24) is 0 Å². The Morgan fingerprint density at radius 2 is 1.80 bits per heavy atom. The van der Waals surface area contributed by atoms with Gasteiger partial charge in [-0.2, -0.15) is 0 Å². The summed E-state index contributed by atoms with van der Waals surface area (Å²) in [6.07, 6.45) is 1.27. The second kappa shape index (κ2) is 10.5. The van der Waals surface area contributed by atoms with Gasteiger partial charge in [0.15, 0.2) is 6.29 Å². The predicted molar refractivity (Wildman–Crippen MR) is 56.8 cm³/mol. The second-order valence-corrected chi connectivity index (χ2v) is 3.79. The number of hydrogen-bond acceptors (Lipinski definition) is 5. The maximum Gasteiger partial charge on any atom is 0.697 e. The zero-order chi connectivity index (χ0) is 11.5. The van der Waals surface area contributed by atoms with E-state index in [1.54, 1.807) is 0 Å². The summed E-state index contributed by atoms with van der Waals surface area (Å²) < 4.78 is 30.8. The third-order valence-electron chi connectivity index (χ3n) is 1.64. The van der Waals surface area contributed by atoms with Gasteiger partial charge in [-0.05, 0) is 20.3 Å². The van der Waals surface area contributed by atoms with Crippen LogP contribution in [0.1, 0.15) is 26.7 Å². The van der Waals surface area contributed by atoms with Gasteiger partial charge in [0, 0.05) is 24.2 Å². The van der Waals surface area contributed by atoms with Crippen molar-refractivity contribution in [2.75, 3.05) is 26.9 Å². The molecule has 0 bridgehead atoms. The van der Waals surface area contributed by atoms with Crippen LogP contribution >= 0.6 is 8.25 Å². The Labute approximate surface area is 92.0 Å². The first-order valence-electron chi connectivity index (χ1n) is 5.12. The summed E-state index contributed by atoms with van der Waals surface area (Å²) in [5.74, 6) is 0. The minimum Gasteiger partial charge on any atom is -0.353 e. The van der Waals surface area contributed by atoms with Crippen LogP contribution in [0.4, 0.5) is 0 Å². The average Bonchev–Trinajstić information content (AvgIpc) is 2.24. The molecule has 15 heavy (non-hydrogen) atoms. The van der Waals surface area contributed by atoms with Gasteiger partial charge in [0.05, 0.1) is 7.11 Å². The van der Waals surface area contributed by atoms with E-state index in [1.165, 1.54) is 7.11 Å². The highest BCUT2D eigenvalue weighted by Gasteiger charge is 2.17. The summed E-state index contributed by atoms with van der Waals surface area (Å²) >= 11 is 0. The number of rotatable bonds is 10. The van der Waals surface area contributed by atoms with Crippen LogP contribution in [0.15, 0.2) is 0 Å². The van der Waals surface area contributed by atoms with E-state index in [-0.39, 0.29) is 6.29 Å². The molecule has 0 aliphatic carbocycles. The molecule has 0 amide bonds. The Kier molecular flexibility index (Phi) is 10.4. The van der Waals surface area contributed by atoms with Crippen molar-refractivity contribution >= 4 is 8.25 Å². The van der Waals surface area contributed by atoms with Crippen molar-refractivity contribution in [2.45, 2.75) is 33.0 Å². The molecule has 0 aliphatic rings. The summed E-state index contributed by atoms with van der Waals surface area (Å²) in [6, 6.07) is 0. The lowest BCUT2D eigenvalue weighted by Gasteiger charge is -2.15. The minimum absolute atomic E-state index is 0.191. The van der Waals surface area contributed by atoms with E-state index >= 15 is 0 Å². The van der Waals surface area contributed by atoms with Crippen LogP contribution in [0, 0.1) is 0 Å². The molecule has 0 fully saturated rings. The van der Waals surface area contributed by atoms with Crippen LogP contribution in [-0.2, 0) is 23.1 Å². The first-order chi connectivity index (χ1) is 7.24. The van der Waals surface area contributed by atoms with Crippen LogP contribution in [-0.4, -0.2) is 33.2 Å². The van der Waals surface area contributed by atoms with Gasteiger partial charge in [0.25, 0.3) is 0 Å². The first kappa shape index (κ1) is 14.9. The van der Waals surface area contributed by atoms with Crippen LogP contribution in [0.2, 0.25) is 0 Å². The number of hydrogen-bond donors (Lipinski definition) is 0. The molecular weight excluding hydrogens is 219 g/mol. The van der Waals surface area contributed by atoms with Gasteiger partial charge in [-0.1, -0.05) is 0 Å². The van der Waals surface area contributed by atoms with E-state index in [1.807, 2.05) is 13.8 Å². The van der Waals surface area contributed by atoms with Gasteiger partial charge in [0.1, 0.15) is 6.61 Å². The topological polar surface area (TPSA) is 54.0 Å². The van der Waals surface area contributed by atoms with Crippen LogP contribution in [0.25, 0.3) is 0 Å². The molecule has 1 unspecified atom stereocenters. The zero-order valence-corrected chi connectivity index (χ0v) is 10.5. The van der Waals surface area contributed by atoms with Crippen molar-refractivity contribution in [3.8, 4) is 0 Å². The molecule has 1 atom stereocenters. The summed E-state index contributed by atoms with van der Waals surface area (Å²) in [5, 5.41) is 0. The standard InChI is InChI=1S/C9H20O5P/c1-4-12-9(13-5-2)7-6-8-14-15(10)11-3/h9H,4-8H2,1-3H3/q+1. The molecule has 0 aliphatic heterocycles. The summed E-state index contributed by atoms with van der Waals surface area (Å²) in [6.45, 7) is 5.48. The Balaban J connectivity index is 3.48. The normalized spacial score (nSPS) is 12.1. The molecule has 90 valence electrons. The van der Waals surface area contributed by atoms with E-state index < -0.39 is 8.25 Å². The van der Waals surface area contributed by atoms with Crippen molar-refractivity contribution in [1.29, 1.82) is 0 Å². The molecule has 0 N–H and O–H groups in total. The predicted octanol–water partition coefficient (Wildman–Crippen LogP) is 2.49. The molecule has 0 aromatic rings. The van der Waals surface area contributed by atoms with Gasteiger partial charge in [-0.25, -0.2) is 0 Å². The molecule has 5 nitrogen and oxygen atoms in total. The third kappa shape index (κ3) is 8.90. The summed E-state index contributed by atoms with van der Waals surface area (Å²) in [7, 11) is -0.608. The molecule has 6 heteroatoms. The van der Waals surface area contributed by atoms with E-state index in [2.05, 4.69) is 4.52 Å². The summed E-state index contributed by atoms with van der Waals surface area (Å²) in [4.78, 5) is 0. The Morgan fingerprint density at radius 3 is 2.27 bits per heavy atom. The van der Waals surface area contributed by atoms with Crippen LogP contribution in [0.3, 0.4) is 0 Å². The SMILES string of the molecule is CCOC(CCCO[P+](=O)OC)OCC. The molecule has 0 spiro atoms. The zero-order valence-electron chi connectivity index (χ0n) is 9.60. The van der Waals surface area contributed by atoms with Gasteiger partial charge >= 0.3 is 8.25 Å². The Morgan fingerprint density at radius 1 is 1.20 bits per heavy atom. The highest BCUT2D eigenvalue weighted by atomic mass is 31.1. The fraction of sp³-hybridized carbons (Fsp3) is 1.00. The highest BCUT2D eigenvalue weighted by Crippen LogP contribution is 2.22. The second-order valence-electron chi connectivity index (χ2n) is 2.72. The largest absolute Gasteiger partial charge is 0.697 e. The van der Waals surface area contributed by atoms with Crippen LogP contribution < -0.4 is 0 Å². The first-order valence-corrected chi connectivity index (χ1v) is 6.21. The maximum absolute atomic E-state index is 10.7. The van der Waals surface area contributed by atoms with E-state index in [0.29, 0.717) is 19.8 Å². The molecule has 0 radical (unpaired) electrons. The molecule has 0 saturated carbocycles. The molecule has 0 aromatic heterocycles. The van der Waals surface area contributed by atoms with E-state index in [4.69, 9.17) is 14.0 Å². The minimum atomic E-state index is -1.96. The molecular formula is C9H20O5P+. The molecule has 0 saturated heterocycles. The highest BCUT2D eigenvalue weighted by molar-refractivity contribution is 7.33. The maximum atomic E-state index is 10.7. The van der Waals surface area contributed by atoms with E-state index in [0.717, 1.165) is 12.8 Å². The lowest BCUT2D eigenvalue weighted by molar-refractivity contribution is -0.140. The molecule has 0 heterocycles. The fourth-order valence-electron chi connectivity index (χ4n) is 1.03. The van der Waals surface area contributed by atoms with Gasteiger partial charge in [-0.3, -0.25) is 0 Å². The van der Waals surface area contributed by atoms with Crippen molar-refractivity contribution in [2.24, 2.45) is 0 Å². The van der Waals surface area contributed by atoms with E-state index in [9.17, 15) is 4.57 Å². The Hall–Kier alpha value is -0.0600. The molecule has 0 rings (SSSR count). The Bertz CT molecular complexity index is 159. The monoisotopic (exact) mass is 239 g/mol. The fourth-order valence-corrected chi connectivity index (χ4v) is 1.41. The van der Waals surface area contributed by atoms with Gasteiger partial charge < -0.3 is 9.47 Å². The van der Waals surface area contributed by atoms with Gasteiger partial charge in [0.2, 0.25) is 0 Å². The van der Waals surface area contributed by atoms with Crippen molar-refractivity contribution in [3.63, 3.8) is 0 Å². The lowest BCUT2D eigenvalue weighted by Crippen LogP contribution is -2.17.